The van der Waals surface area contributed by atoms with Crippen molar-refractivity contribution in [3.05, 3.63) is 37.5 Å². The Morgan fingerprint density at radius 3 is 2.18 bits per heavy atom. The number of hydrogen-bond donors (Lipinski definition) is 0. The van der Waals surface area contributed by atoms with Crippen molar-refractivity contribution in [2.24, 2.45) is 0 Å². The summed E-state index contributed by atoms with van der Waals surface area (Å²) in [5, 5.41) is 0. The van der Waals surface area contributed by atoms with Crippen LogP contribution in [0.4, 0.5) is 0 Å². The summed E-state index contributed by atoms with van der Waals surface area (Å²) in [6, 6.07) is 0. The van der Waals surface area contributed by atoms with Crippen molar-refractivity contribution in [1.29, 1.82) is 0 Å². The Kier molecular flexibility index (Phi) is 7.43. The lowest BCUT2D eigenvalue weighted by Gasteiger charge is -2.22. The molecule has 0 bridgehead atoms. The monoisotopic (exact) mass is 238 g/mol. The molecule has 0 aromatic rings. The van der Waals surface area contributed by atoms with E-state index in [4.69, 9.17) is 9.47 Å². The average Bonchev–Trinajstić information content (AvgIpc) is 2.33. The standard InChI is InChI=1S/C13H18O4/c1-5-8-9-11(17-13(15)7-3)10(4)16-12(14)6-2/h5-8,10-11H,2-3,9H2,1,4H3. The van der Waals surface area contributed by atoms with Gasteiger partial charge >= 0.3 is 11.9 Å². The molecule has 0 radical (unpaired) electrons. The molecule has 0 aliphatic carbocycles. The van der Waals surface area contributed by atoms with Crippen LogP contribution in [0, 0.1) is 0 Å². The maximum atomic E-state index is 11.1. The van der Waals surface area contributed by atoms with E-state index >= 15 is 0 Å². The maximum absolute atomic E-state index is 11.1. The first-order valence-electron chi connectivity index (χ1n) is 5.32. The highest BCUT2D eigenvalue weighted by Gasteiger charge is 2.22. The third kappa shape index (κ3) is 6.35. The minimum Gasteiger partial charge on any atom is -0.456 e. The number of esters is 2. The molecule has 0 aromatic carbocycles. The molecule has 0 aliphatic heterocycles. The Balaban J connectivity index is 4.53. The van der Waals surface area contributed by atoms with E-state index in [0.717, 1.165) is 12.2 Å². The second-order valence-corrected chi connectivity index (χ2v) is 3.33. The minimum absolute atomic E-state index is 0.474. The van der Waals surface area contributed by atoms with Crippen LogP contribution < -0.4 is 0 Å². The van der Waals surface area contributed by atoms with Gasteiger partial charge in [-0.25, -0.2) is 9.59 Å². The lowest BCUT2D eigenvalue weighted by Crippen LogP contribution is -2.32. The van der Waals surface area contributed by atoms with Crippen LogP contribution in [0.2, 0.25) is 0 Å². The van der Waals surface area contributed by atoms with Gasteiger partial charge in [-0.15, -0.1) is 0 Å². The van der Waals surface area contributed by atoms with Gasteiger partial charge in [0.25, 0.3) is 0 Å². The summed E-state index contributed by atoms with van der Waals surface area (Å²) in [5.74, 6) is -1.08. The molecule has 0 amide bonds. The van der Waals surface area contributed by atoms with E-state index in [0.29, 0.717) is 6.42 Å². The molecule has 0 rings (SSSR count). The van der Waals surface area contributed by atoms with Gasteiger partial charge < -0.3 is 9.47 Å². The van der Waals surface area contributed by atoms with Crippen LogP contribution >= 0.6 is 0 Å². The molecule has 0 aliphatic rings. The first-order valence-corrected chi connectivity index (χ1v) is 5.32. The maximum Gasteiger partial charge on any atom is 0.330 e. The third-order valence-corrected chi connectivity index (χ3v) is 2.03. The smallest absolute Gasteiger partial charge is 0.330 e. The number of allylic oxidation sites excluding steroid dienone is 1. The molecule has 0 heterocycles. The van der Waals surface area contributed by atoms with Crippen molar-refractivity contribution in [3.8, 4) is 0 Å². The van der Waals surface area contributed by atoms with Crippen LogP contribution in [0.25, 0.3) is 0 Å². The van der Waals surface area contributed by atoms with Gasteiger partial charge in [-0.05, 0) is 13.8 Å². The van der Waals surface area contributed by atoms with Crippen LogP contribution in [0.3, 0.4) is 0 Å². The molecule has 0 N–H and O–H groups in total. The Bertz CT molecular complexity index is 317. The number of ether oxygens (including phenoxy) is 2. The molecule has 2 atom stereocenters. The van der Waals surface area contributed by atoms with Gasteiger partial charge in [-0.2, -0.15) is 0 Å². The number of rotatable bonds is 7. The quantitative estimate of drug-likeness (QED) is 0.387. The van der Waals surface area contributed by atoms with E-state index in [-0.39, 0.29) is 0 Å². The van der Waals surface area contributed by atoms with Crippen LogP contribution in [0.5, 0.6) is 0 Å². The summed E-state index contributed by atoms with van der Waals surface area (Å²) < 4.78 is 10.1. The van der Waals surface area contributed by atoms with E-state index in [1.54, 1.807) is 6.92 Å². The molecule has 0 aromatic heterocycles. The highest BCUT2D eigenvalue weighted by molar-refractivity contribution is 5.82. The normalized spacial score (nSPS) is 13.8. The molecule has 0 saturated carbocycles. The van der Waals surface area contributed by atoms with E-state index in [2.05, 4.69) is 13.2 Å². The third-order valence-electron chi connectivity index (χ3n) is 2.03. The van der Waals surface area contributed by atoms with Gasteiger partial charge in [0.15, 0.2) is 0 Å². The zero-order chi connectivity index (χ0) is 13.3. The zero-order valence-electron chi connectivity index (χ0n) is 10.2. The van der Waals surface area contributed by atoms with Gasteiger partial charge in [-0.3, -0.25) is 0 Å². The molecule has 0 spiro atoms. The van der Waals surface area contributed by atoms with Gasteiger partial charge in [0.1, 0.15) is 12.2 Å². The highest BCUT2D eigenvalue weighted by atomic mass is 16.6. The second-order valence-electron chi connectivity index (χ2n) is 3.33. The fraction of sp³-hybridized carbons (Fsp3) is 0.385. The molecule has 4 heteroatoms. The summed E-state index contributed by atoms with van der Waals surface area (Å²) in [6.07, 6.45) is 5.21. The Morgan fingerprint density at radius 1 is 1.18 bits per heavy atom. The predicted molar refractivity (Wildman–Crippen MR) is 65.3 cm³/mol. The van der Waals surface area contributed by atoms with Crippen molar-refractivity contribution in [2.75, 3.05) is 0 Å². The SMILES string of the molecule is C=CC(=O)OC(C)C(CC=CC)OC(=O)C=C. The fourth-order valence-corrected chi connectivity index (χ4v) is 1.11. The molecule has 0 saturated heterocycles. The van der Waals surface area contributed by atoms with Crippen LogP contribution in [-0.2, 0) is 19.1 Å². The molecular formula is C13H18O4. The van der Waals surface area contributed by atoms with E-state index in [9.17, 15) is 9.59 Å². The average molecular weight is 238 g/mol. The predicted octanol–water partition coefficient (Wildman–Crippen LogP) is 2.17. The summed E-state index contributed by atoms with van der Waals surface area (Å²) in [6.45, 7) is 10.1. The van der Waals surface area contributed by atoms with E-state index in [1.807, 2.05) is 19.1 Å². The first-order chi connectivity index (χ1) is 8.04. The molecule has 17 heavy (non-hydrogen) atoms. The molecule has 4 nitrogen and oxygen atoms in total. The van der Waals surface area contributed by atoms with Crippen molar-refractivity contribution in [3.63, 3.8) is 0 Å². The van der Waals surface area contributed by atoms with Crippen LogP contribution in [-0.4, -0.2) is 24.1 Å². The summed E-state index contributed by atoms with van der Waals surface area (Å²) >= 11 is 0. The van der Waals surface area contributed by atoms with Gasteiger partial charge in [0.2, 0.25) is 0 Å². The Hall–Kier alpha value is -1.84. The molecular weight excluding hydrogens is 220 g/mol. The minimum atomic E-state index is -0.544. The summed E-state index contributed by atoms with van der Waals surface area (Å²) in [7, 11) is 0. The number of carbonyl (C=O) groups excluding carboxylic acids is 2. The molecule has 94 valence electrons. The first kappa shape index (κ1) is 15.2. The lowest BCUT2D eigenvalue weighted by atomic mass is 10.1. The van der Waals surface area contributed by atoms with Crippen molar-refractivity contribution < 1.29 is 19.1 Å². The Labute approximate surface area is 102 Å². The van der Waals surface area contributed by atoms with Gasteiger partial charge in [0.05, 0.1) is 0 Å². The number of carbonyl (C=O) groups is 2. The molecule has 0 fully saturated rings. The van der Waals surface area contributed by atoms with Crippen LogP contribution in [0.15, 0.2) is 37.5 Å². The highest BCUT2D eigenvalue weighted by Crippen LogP contribution is 2.10. The van der Waals surface area contributed by atoms with Gasteiger partial charge in [0, 0.05) is 18.6 Å². The van der Waals surface area contributed by atoms with Crippen molar-refractivity contribution in [1.82, 2.24) is 0 Å². The van der Waals surface area contributed by atoms with E-state index < -0.39 is 24.1 Å². The summed E-state index contributed by atoms with van der Waals surface area (Å²) in [4.78, 5) is 22.2. The Morgan fingerprint density at radius 2 is 1.71 bits per heavy atom. The zero-order valence-corrected chi connectivity index (χ0v) is 10.2. The van der Waals surface area contributed by atoms with E-state index in [1.165, 1.54) is 0 Å². The molecule has 2 unspecified atom stereocenters. The van der Waals surface area contributed by atoms with Crippen molar-refractivity contribution in [2.45, 2.75) is 32.5 Å². The summed E-state index contributed by atoms with van der Waals surface area (Å²) in [5.41, 5.74) is 0. The lowest BCUT2D eigenvalue weighted by molar-refractivity contribution is -0.159. The largest absolute Gasteiger partial charge is 0.456 e. The van der Waals surface area contributed by atoms with Crippen LogP contribution in [0.1, 0.15) is 20.3 Å². The fourth-order valence-electron chi connectivity index (χ4n) is 1.11. The van der Waals surface area contributed by atoms with Gasteiger partial charge in [-0.1, -0.05) is 25.3 Å². The van der Waals surface area contributed by atoms with Crippen molar-refractivity contribution >= 4 is 11.9 Å². The second kappa shape index (κ2) is 8.33. The number of hydrogen-bond acceptors (Lipinski definition) is 4. The topological polar surface area (TPSA) is 52.6 Å².